The van der Waals surface area contributed by atoms with E-state index in [0.29, 0.717) is 12.5 Å². The number of carbonyl (C=O) groups excluding carboxylic acids is 1. The number of carbonyl (C=O) groups is 1. The quantitative estimate of drug-likeness (QED) is 0.774. The number of benzene rings is 1. The zero-order chi connectivity index (χ0) is 14.5. The van der Waals surface area contributed by atoms with Crippen LogP contribution in [0, 0.1) is 11.3 Å². The number of rotatable bonds is 6. The number of nitrogens with one attached hydrogen (secondary N) is 1. The van der Waals surface area contributed by atoms with Crippen molar-refractivity contribution in [3.8, 4) is 0 Å². The third-order valence-electron chi connectivity index (χ3n) is 3.21. The van der Waals surface area contributed by atoms with Crippen molar-refractivity contribution in [1.29, 1.82) is 0 Å². The maximum absolute atomic E-state index is 12.1. The van der Waals surface area contributed by atoms with Crippen LogP contribution in [0.4, 0.5) is 5.69 Å². The van der Waals surface area contributed by atoms with Gasteiger partial charge in [-0.05, 0) is 36.5 Å². The molecule has 0 radical (unpaired) electrons. The van der Waals surface area contributed by atoms with E-state index in [9.17, 15) is 4.79 Å². The Morgan fingerprint density at radius 1 is 1.26 bits per heavy atom. The molecule has 0 atom stereocenters. The Bertz CT molecular complexity index is 407. The summed E-state index contributed by atoms with van der Waals surface area (Å²) in [6.45, 7) is 8.97. The number of anilines is 1. The average Bonchev–Trinajstić information content (AvgIpc) is 2.30. The van der Waals surface area contributed by atoms with Crippen LogP contribution in [0.2, 0.25) is 0 Å². The molecular weight excluding hydrogens is 236 g/mol. The van der Waals surface area contributed by atoms with E-state index < -0.39 is 0 Å². The van der Waals surface area contributed by atoms with Gasteiger partial charge in [0, 0.05) is 17.6 Å². The van der Waals surface area contributed by atoms with Crippen LogP contribution in [0.3, 0.4) is 0 Å². The molecule has 0 aliphatic rings. The van der Waals surface area contributed by atoms with Gasteiger partial charge in [-0.3, -0.25) is 4.79 Å². The highest BCUT2D eigenvalue weighted by molar-refractivity contribution is 5.81. The molecule has 0 unspecified atom stereocenters. The molecule has 0 aliphatic heterocycles. The minimum Gasteiger partial charge on any atom is -0.399 e. The summed E-state index contributed by atoms with van der Waals surface area (Å²) < 4.78 is 0. The maximum atomic E-state index is 12.1. The highest BCUT2D eigenvalue weighted by Gasteiger charge is 2.27. The van der Waals surface area contributed by atoms with Crippen molar-refractivity contribution in [3.05, 3.63) is 29.8 Å². The van der Waals surface area contributed by atoms with Gasteiger partial charge in [0.15, 0.2) is 0 Å². The third-order valence-corrected chi connectivity index (χ3v) is 3.21. The lowest BCUT2D eigenvalue weighted by Crippen LogP contribution is -2.38. The molecular formula is C16H26N2O. The minimum atomic E-state index is -0.296. The Morgan fingerprint density at radius 3 is 2.37 bits per heavy atom. The van der Waals surface area contributed by atoms with Gasteiger partial charge in [0.2, 0.25) is 5.91 Å². The molecule has 0 aliphatic carbocycles. The van der Waals surface area contributed by atoms with Gasteiger partial charge in [-0.1, -0.05) is 39.8 Å². The lowest BCUT2D eigenvalue weighted by Gasteiger charge is -2.25. The largest absolute Gasteiger partial charge is 0.399 e. The Morgan fingerprint density at radius 2 is 1.84 bits per heavy atom. The first kappa shape index (κ1) is 15.5. The molecule has 0 heterocycles. The van der Waals surface area contributed by atoms with Crippen LogP contribution in [0.1, 0.15) is 39.7 Å². The molecule has 0 spiro atoms. The highest BCUT2D eigenvalue weighted by atomic mass is 16.2. The predicted octanol–water partition coefficient (Wildman–Crippen LogP) is 3.00. The van der Waals surface area contributed by atoms with Crippen LogP contribution >= 0.6 is 0 Å². The van der Waals surface area contributed by atoms with Gasteiger partial charge in [0.05, 0.1) is 0 Å². The van der Waals surface area contributed by atoms with E-state index in [4.69, 9.17) is 5.73 Å². The second-order valence-electron chi connectivity index (χ2n) is 6.23. The predicted molar refractivity (Wildman–Crippen MR) is 80.8 cm³/mol. The van der Waals surface area contributed by atoms with Crippen molar-refractivity contribution in [2.75, 3.05) is 12.3 Å². The summed E-state index contributed by atoms with van der Waals surface area (Å²) >= 11 is 0. The molecule has 3 nitrogen and oxygen atoms in total. The Kier molecular flexibility index (Phi) is 5.40. The van der Waals surface area contributed by atoms with Crippen molar-refractivity contribution < 1.29 is 4.79 Å². The van der Waals surface area contributed by atoms with E-state index in [1.807, 2.05) is 38.1 Å². The summed E-state index contributed by atoms with van der Waals surface area (Å²) in [5.74, 6) is 0.662. The Balaban J connectivity index is 2.40. The molecule has 3 heteroatoms. The van der Waals surface area contributed by atoms with Crippen molar-refractivity contribution >= 4 is 11.6 Å². The van der Waals surface area contributed by atoms with Gasteiger partial charge in [-0.15, -0.1) is 0 Å². The lowest BCUT2D eigenvalue weighted by atomic mass is 9.83. The van der Waals surface area contributed by atoms with E-state index in [2.05, 4.69) is 19.2 Å². The van der Waals surface area contributed by atoms with Gasteiger partial charge in [0.25, 0.3) is 0 Å². The average molecular weight is 262 g/mol. The number of nitrogen functional groups attached to an aromatic ring is 1. The van der Waals surface area contributed by atoms with Gasteiger partial charge >= 0.3 is 0 Å². The number of amides is 1. The molecule has 0 saturated heterocycles. The first-order valence-corrected chi connectivity index (χ1v) is 6.94. The highest BCUT2D eigenvalue weighted by Crippen LogP contribution is 2.25. The molecule has 19 heavy (non-hydrogen) atoms. The van der Waals surface area contributed by atoms with Crippen LogP contribution in [-0.2, 0) is 11.2 Å². The van der Waals surface area contributed by atoms with Crippen LogP contribution in [0.5, 0.6) is 0 Å². The maximum Gasteiger partial charge on any atom is 0.225 e. The zero-order valence-electron chi connectivity index (χ0n) is 12.5. The normalized spacial score (nSPS) is 11.6. The fraction of sp³-hybridized carbons (Fsp3) is 0.562. The van der Waals surface area contributed by atoms with Crippen LogP contribution in [-0.4, -0.2) is 12.5 Å². The molecule has 1 aromatic rings. The van der Waals surface area contributed by atoms with Crippen LogP contribution < -0.4 is 11.1 Å². The lowest BCUT2D eigenvalue weighted by molar-refractivity contribution is -0.130. The molecule has 0 fully saturated rings. The van der Waals surface area contributed by atoms with Crippen molar-refractivity contribution in [2.24, 2.45) is 11.3 Å². The molecule has 1 aromatic carbocycles. The summed E-state index contributed by atoms with van der Waals surface area (Å²) in [7, 11) is 0. The zero-order valence-corrected chi connectivity index (χ0v) is 12.5. The van der Waals surface area contributed by atoms with Crippen molar-refractivity contribution in [1.82, 2.24) is 5.32 Å². The summed E-state index contributed by atoms with van der Waals surface area (Å²) in [6, 6.07) is 7.78. The summed E-state index contributed by atoms with van der Waals surface area (Å²) in [6.07, 6.45) is 1.74. The summed E-state index contributed by atoms with van der Waals surface area (Å²) in [4.78, 5) is 12.1. The molecule has 1 amide bonds. The van der Waals surface area contributed by atoms with Crippen molar-refractivity contribution in [2.45, 2.75) is 40.5 Å². The van der Waals surface area contributed by atoms with Gasteiger partial charge < -0.3 is 11.1 Å². The van der Waals surface area contributed by atoms with E-state index >= 15 is 0 Å². The Hall–Kier alpha value is -1.51. The first-order chi connectivity index (χ1) is 8.81. The fourth-order valence-electron chi connectivity index (χ4n) is 2.36. The third kappa shape index (κ3) is 5.33. The second kappa shape index (κ2) is 6.60. The van der Waals surface area contributed by atoms with E-state index in [0.717, 1.165) is 18.5 Å². The summed E-state index contributed by atoms with van der Waals surface area (Å²) in [5, 5.41) is 3.02. The second-order valence-corrected chi connectivity index (χ2v) is 6.23. The smallest absolute Gasteiger partial charge is 0.225 e. The molecule has 0 aromatic heterocycles. The van der Waals surface area contributed by atoms with Crippen molar-refractivity contribution in [3.63, 3.8) is 0 Å². The van der Waals surface area contributed by atoms with E-state index in [-0.39, 0.29) is 11.3 Å². The fourth-order valence-corrected chi connectivity index (χ4v) is 2.36. The molecule has 0 saturated carbocycles. The van der Waals surface area contributed by atoms with Crippen LogP contribution in [0.25, 0.3) is 0 Å². The standard InChI is InChI=1S/C16H26N2O/c1-12(2)11-16(3,4)15(19)18-10-9-13-5-7-14(17)8-6-13/h5-8,12H,9-11,17H2,1-4H3,(H,18,19). The van der Waals surface area contributed by atoms with E-state index in [1.165, 1.54) is 5.56 Å². The minimum absolute atomic E-state index is 0.136. The van der Waals surface area contributed by atoms with Gasteiger partial charge in [-0.2, -0.15) is 0 Å². The molecule has 3 N–H and O–H groups in total. The molecule has 0 bridgehead atoms. The number of hydrogen-bond acceptors (Lipinski definition) is 2. The topological polar surface area (TPSA) is 55.1 Å². The monoisotopic (exact) mass is 262 g/mol. The summed E-state index contributed by atoms with van der Waals surface area (Å²) in [5.41, 5.74) is 7.30. The van der Waals surface area contributed by atoms with E-state index in [1.54, 1.807) is 0 Å². The Labute approximate surface area is 116 Å². The number of nitrogens with two attached hydrogens (primary N) is 1. The molecule has 1 rings (SSSR count). The first-order valence-electron chi connectivity index (χ1n) is 6.94. The van der Waals surface area contributed by atoms with Crippen LogP contribution in [0.15, 0.2) is 24.3 Å². The number of hydrogen-bond donors (Lipinski definition) is 2. The van der Waals surface area contributed by atoms with Gasteiger partial charge in [-0.25, -0.2) is 0 Å². The molecule has 106 valence electrons. The van der Waals surface area contributed by atoms with Gasteiger partial charge in [0.1, 0.15) is 0 Å². The SMILES string of the molecule is CC(C)CC(C)(C)C(=O)NCCc1ccc(N)cc1.